The van der Waals surface area contributed by atoms with E-state index in [0.29, 0.717) is 0 Å². The van der Waals surface area contributed by atoms with Crippen LogP contribution in [0.3, 0.4) is 0 Å². The average Bonchev–Trinajstić information content (AvgIpc) is 2.27. The Morgan fingerprint density at radius 3 is 2.60 bits per heavy atom. The van der Waals surface area contributed by atoms with Crippen LogP contribution in [0, 0.1) is 11.8 Å². The van der Waals surface area contributed by atoms with Crippen LogP contribution in [0.15, 0.2) is 0 Å². The maximum absolute atomic E-state index is 5.37. The Hall–Kier alpha value is 0.270. The van der Waals surface area contributed by atoms with Gasteiger partial charge in [-0.15, -0.1) is 0 Å². The van der Waals surface area contributed by atoms with Crippen molar-refractivity contribution in [2.75, 3.05) is 39.1 Å². The summed E-state index contributed by atoms with van der Waals surface area (Å²) in [5, 5.41) is 0. The van der Waals surface area contributed by atoms with Crippen molar-refractivity contribution in [2.45, 2.75) is 26.2 Å². The molecule has 0 saturated carbocycles. The molecule has 90 valence electrons. The molecule has 3 heteroatoms. The molecule has 1 rings (SSSR count). The number of rotatable bonds is 6. The second kappa shape index (κ2) is 7.53. The molecule has 0 spiro atoms. The van der Waals surface area contributed by atoms with Gasteiger partial charge < -0.3 is 9.64 Å². The zero-order valence-corrected chi connectivity index (χ0v) is 11.0. The molecule has 1 aliphatic rings. The molecule has 0 radical (unpaired) electrons. The summed E-state index contributed by atoms with van der Waals surface area (Å²) < 4.78 is 5.37. The van der Waals surface area contributed by atoms with Crippen LogP contribution in [0.5, 0.6) is 0 Å². The van der Waals surface area contributed by atoms with Crippen LogP contribution in [0.1, 0.15) is 26.2 Å². The predicted octanol–water partition coefficient (Wildman–Crippen LogP) is 2.30. The molecule has 1 heterocycles. The molecule has 1 fully saturated rings. The molecule has 0 N–H and O–H groups in total. The minimum Gasteiger partial charge on any atom is -0.381 e. The van der Waals surface area contributed by atoms with Crippen molar-refractivity contribution in [1.82, 2.24) is 4.90 Å². The van der Waals surface area contributed by atoms with Crippen LogP contribution in [0.2, 0.25) is 0 Å². The number of thiol groups is 1. The van der Waals surface area contributed by atoms with Crippen LogP contribution in [-0.2, 0) is 4.74 Å². The van der Waals surface area contributed by atoms with Crippen molar-refractivity contribution < 1.29 is 4.74 Å². The SMILES string of the molecule is CCC(CS)CN(C)CC1CCOCC1. The molecular formula is C12H25NOS. The summed E-state index contributed by atoms with van der Waals surface area (Å²) in [5.41, 5.74) is 0. The highest BCUT2D eigenvalue weighted by molar-refractivity contribution is 7.80. The van der Waals surface area contributed by atoms with Crippen molar-refractivity contribution in [3.63, 3.8) is 0 Å². The van der Waals surface area contributed by atoms with Gasteiger partial charge in [0.1, 0.15) is 0 Å². The van der Waals surface area contributed by atoms with Crippen LogP contribution in [0.4, 0.5) is 0 Å². The lowest BCUT2D eigenvalue weighted by Crippen LogP contribution is -2.33. The van der Waals surface area contributed by atoms with Crippen LogP contribution >= 0.6 is 12.6 Å². The van der Waals surface area contributed by atoms with E-state index in [-0.39, 0.29) is 0 Å². The highest BCUT2D eigenvalue weighted by Crippen LogP contribution is 2.16. The van der Waals surface area contributed by atoms with Gasteiger partial charge in [-0.3, -0.25) is 0 Å². The molecule has 1 atom stereocenters. The van der Waals surface area contributed by atoms with Gasteiger partial charge in [0, 0.05) is 26.3 Å². The molecule has 1 unspecified atom stereocenters. The van der Waals surface area contributed by atoms with Gasteiger partial charge in [-0.2, -0.15) is 12.6 Å². The van der Waals surface area contributed by atoms with Crippen molar-refractivity contribution in [2.24, 2.45) is 11.8 Å². The Kier molecular flexibility index (Phi) is 6.69. The molecule has 15 heavy (non-hydrogen) atoms. The minimum atomic E-state index is 0.748. The first-order chi connectivity index (χ1) is 7.26. The van der Waals surface area contributed by atoms with E-state index in [1.54, 1.807) is 0 Å². The summed E-state index contributed by atoms with van der Waals surface area (Å²) in [4.78, 5) is 2.47. The molecule has 0 bridgehead atoms. The third-order valence-corrected chi connectivity index (χ3v) is 3.83. The normalized spacial score (nSPS) is 20.8. The van der Waals surface area contributed by atoms with Crippen molar-refractivity contribution in [1.29, 1.82) is 0 Å². The molecule has 2 nitrogen and oxygen atoms in total. The van der Waals surface area contributed by atoms with E-state index in [0.717, 1.165) is 30.8 Å². The third-order valence-electron chi connectivity index (χ3n) is 3.32. The Morgan fingerprint density at radius 2 is 2.07 bits per heavy atom. The standard InChI is InChI=1S/C12H25NOS/c1-3-11(10-15)8-13(2)9-12-4-6-14-7-5-12/h11-12,15H,3-10H2,1-2H3. The van der Waals surface area contributed by atoms with E-state index in [1.165, 1.54) is 32.4 Å². The maximum atomic E-state index is 5.37. The average molecular weight is 231 g/mol. The zero-order chi connectivity index (χ0) is 11.1. The van der Waals surface area contributed by atoms with Gasteiger partial charge in [0.2, 0.25) is 0 Å². The van der Waals surface area contributed by atoms with Gasteiger partial charge in [0.05, 0.1) is 0 Å². The Balaban J connectivity index is 2.18. The highest BCUT2D eigenvalue weighted by Gasteiger charge is 2.17. The second-order valence-electron chi connectivity index (χ2n) is 4.73. The first-order valence-electron chi connectivity index (χ1n) is 6.13. The van der Waals surface area contributed by atoms with Crippen molar-refractivity contribution >= 4 is 12.6 Å². The fourth-order valence-corrected chi connectivity index (χ4v) is 2.57. The van der Waals surface area contributed by atoms with Crippen molar-refractivity contribution in [3.05, 3.63) is 0 Å². The summed E-state index contributed by atoms with van der Waals surface area (Å²) in [6.07, 6.45) is 3.71. The van der Waals surface area contributed by atoms with Gasteiger partial charge >= 0.3 is 0 Å². The molecule has 1 saturated heterocycles. The number of hydrogen-bond acceptors (Lipinski definition) is 3. The monoisotopic (exact) mass is 231 g/mol. The van der Waals surface area contributed by atoms with Gasteiger partial charge in [-0.1, -0.05) is 13.3 Å². The number of nitrogens with zero attached hydrogens (tertiary/aromatic N) is 1. The highest BCUT2D eigenvalue weighted by atomic mass is 32.1. The maximum Gasteiger partial charge on any atom is 0.0469 e. The second-order valence-corrected chi connectivity index (χ2v) is 5.10. The quantitative estimate of drug-likeness (QED) is 0.704. The Bertz CT molecular complexity index is 156. The summed E-state index contributed by atoms with van der Waals surface area (Å²) in [6.45, 7) is 6.60. The first kappa shape index (κ1) is 13.3. The first-order valence-corrected chi connectivity index (χ1v) is 6.76. The molecule has 0 aromatic carbocycles. The van der Waals surface area contributed by atoms with Crippen LogP contribution in [0.25, 0.3) is 0 Å². The molecule has 1 aliphatic heterocycles. The van der Waals surface area contributed by atoms with Crippen LogP contribution in [-0.4, -0.2) is 44.0 Å². The molecule has 0 aromatic rings. The van der Waals surface area contributed by atoms with E-state index >= 15 is 0 Å². The molecular weight excluding hydrogens is 206 g/mol. The van der Waals surface area contributed by atoms with E-state index in [2.05, 4.69) is 31.5 Å². The summed E-state index contributed by atoms with van der Waals surface area (Å²) in [6, 6.07) is 0. The minimum absolute atomic E-state index is 0.748. The fraction of sp³-hybridized carbons (Fsp3) is 1.00. The topological polar surface area (TPSA) is 12.5 Å². The molecule has 0 aliphatic carbocycles. The number of ether oxygens (including phenoxy) is 1. The third kappa shape index (κ3) is 5.23. The lowest BCUT2D eigenvalue weighted by atomic mass is 9.99. The lowest BCUT2D eigenvalue weighted by Gasteiger charge is -2.29. The molecule has 0 amide bonds. The van der Waals surface area contributed by atoms with E-state index in [9.17, 15) is 0 Å². The largest absolute Gasteiger partial charge is 0.381 e. The van der Waals surface area contributed by atoms with E-state index in [4.69, 9.17) is 4.74 Å². The molecule has 0 aromatic heterocycles. The van der Waals surface area contributed by atoms with E-state index in [1.807, 2.05) is 0 Å². The lowest BCUT2D eigenvalue weighted by molar-refractivity contribution is 0.0543. The van der Waals surface area contributed by atoms with Crippen molar-refractivity contribution in [3.8, 4) is 0 Å². The summed E-state index contributed by atoms with van der Waals surface area (Å²) in [5.74, 6) is 2.61. The van der Waals surface area contributed by atoms with E-state index < -0.39 is 0 Å². The summed E-state index contributed by atoms with van der Waals surface area (Å²) in [7, 11) is 2.24. The van der Waals surface area contributed by atoms with Gasteiger partial charge in [-0.05, 0) is 37.5 Å². The number of hydrogen-bond donors (Lipinski definition) is 1. The predicted molar refractivity (Wildman–Crippen MR) is 68.7 cm³/mol. The van der Waals surface area contributed by atoms with Gasteiger partial charge in [0.25, 0.3) is 0 Å². The fourth-order valence-electron chi connectivity index (χ4n) is 2.20. The Morgan fingerprint density at radius 1 is 1.40 bits per heavy atom. The zero-order valence-electron chi connectivity index (χ0n) is 10.1. The smallest absolute Gasteiger partial charge is 0.0469 e. The van der Waals surface area contributed by atoms with Crippen LogP contribution < -0.4 is 0 Å². The summed E-state index contributed by atoms with van der Waals surface area (Å²) >= 11 is 4.39. The van der Waals surface area contributed by atoms with Gasteiger partial charge in [0.15, 0.2) is 0 Å². The Labute approximate surface area is 99.8 Å². The van der Waals surface area contributed by atoms with Gasteiger partial charge in [-0.25, -0.2) is 0 Å².